The van der Waals surface area contributed by atoms with E-state index in [9.17, 15) is 5.11 Å². The molecule has 1 unspecified atom stereocenters. The highest BCUT2D eigenvalue weighted by atomic mass is 79.9. The highest BCUT2D eigenvalue weighted by molar-refractivity contribution is 9.10. The molecule has 108 valence electrons. The molecule has 4 heteroatoms. The van der Waals surface area contributed by atoms with Crippen LogP contribution < -0.4 is 0 Å². The van der Waals surface area contributed by atoms with Gasteiger partial charge in [-0.15, -0.1) is 0 Å². The lowest BCUT2D eigenvalue weighted by molar-refractivity contribution is 0.125. The van der Waals surface area contributed by atoms with Gasteiger partial charge in [-0.05, 0) is 44.4 Å². The molecule has 0 aromatic heterocycles. The Morgan fingerprint density at radius 2 is 2.00 bits per heavy atom. The van der Waals surface area contributed by atoms with Gasteiger partial charge in [0, 0.05) is 30.2 Å². The van der Waals surface area contributed by atoms with Gasteiger partial charge in [0.05, 0.1) is 6.10 Å². The summed E-state index contributed by atoms with van der Waals surface area (Å²) in [4.78, 5) is 2.29. The summed E-state index contributed by atoms with van der Waals surface area (Å²) >= 11 is 3.42. The van der Waals surface area contributed by atoms with Crippen LogP contribution in [0.5, 0.6) is 0 Å². The molecule has 2 N–H and O–H groups in total. The Bertz CT molecular complexity index is 371. The minimum atomic E-state index is -0.437. The van der Waals surface area contributed by atoms with Gasteiger partial charge in [0.1, 0.15) is 0 Å². The van der Waals surface area contributed by atoms with Crippen molar-refractivity contribution >= 4 is 15.9 Å². The predicted molar refractivity (Wildman–Crippen MR) is 82.1 cm³/mol. The molecule has 0 aliphatic carbocycles. The van der Waals surface area contributed by atoms with E-state index >= 15 is 0 Å². The Labute approximate surface area is 124 Å². The summed E-state index contributed by atoms with van der Waals surface area (Å²) in [6.07, 6.45) is 1.05. The van der Waals surface area contributed by atoms with E-state index in [1.807, 2.05) is 24.3 Å². The van der Waals surface area contributed by atoms with Gasteiger partial charge >= 0.3 is 0 Å². The van der Waals surface area contributed by atoms with Crippen LogP contribution in [0.2, 0.25) is 0 Å². The van der Waals surface area contributed by atoms with Crippen LogP contribution in [0.3, 0.4) is 0 Å². The van der Waals surface area contributed by atoms with Gasteiger partial charge in [-0.1, -0.05) is 28.1 Å². The van der Waals surface area contributed by atoms with Crippen LogP contribution in [0.4, 0.5) is 0 Å². The van der Waals surface area contributed by atoms with Gasteiger partial charge in [0.15, 0.2) is 0 Å². The molecule has 19 heavy (non-hydrogen) atoms. The molecule has 0 amide bonds. The first kappa shape index (κ1) is 16.6. The smallest absolute Gasteiger partial charge is 0.0802 e. The van der Waals surface area contributed by atoms with Gasteiger partial charge in [-0.2, -0.15) is 0 Å². The SMILES string of the molecule is CC(C)N(CCCO)CCC(O)c1cccc(Br)c1. The van der Waals surface area contributed by atoms with E-state index in [0.717, 1.165) is 29.5 Å². The fourth-order valence-electron chi connectivity index (χ4n) is 2.07. The van der Waals surface area contributed by atoms with Crippen molar-refractivity contribution in [2.75, 3.05) is 19.7 Å². The maximum atomic E-state index is 10.2. The maximum Gasteiger partial charge on any atom is 0.0802 e. The molecule has 0 aliphatic rings. The number of nitrogens with zero attached hydrogens (tertiary/aromatic N) is 1. The van der Waals surface area contributed by atoms with Crippen molar-refractivity contribution in [3.8, 4) is 0 Å². The van der Waals surface area contributed by atoms with Crippen molar-refractivity contribution in [2.24, 2.45) is 0 Å². The normalized spacial score (nSPS) is 13.2. The van der Waals surface area contributed by atoms with Crippen molar-refractivity contribution in [1.82, 2.24) is 4.90 Å². The van der Waals surface area contributed by atoms with E-state index in [-0.39, 0.29) is 6.61 Å². The number of rotatable bonds is 8. The summed E-state index contributed by atoms with van der Waals surface area (Å²) < 4.78 is 0.991. The topological polar surface area (TPSA) is 43.7 Å². The minimum Gasteiger partial charge on any atom is -0.396 e. The minimum absolute atomic E-state index is 0.220. The van der Waals surface area contributed by atoms with E-state index in [1.165, 1.54) is 0 Å². The largest absolute Gasteiger partial charge is 0.396 e. The molecule has 0 radical (unpaired) electrons. The summed E-state index contributed by atoms with van der Waals surface area (Å²) in [5.41, 5.74) is 0.945. The first-order valence-corrected chi connectivity index (χ1v) is 7.62. The molecule has 3 nitrogen and oxygen atoms in total. The van der Waals surface area contributed by atoms with E-state index in [1.54, 1.807) is 0 Å². The number of hydrogen-bond donors (Lipinski definition) is 2. The second-order valence-electron chi connectivity index (χ2n) is 5.07. The zero-order valence-electron chi connectivity index (χ0n) is 11.7. The average Bonchev–Trinajstić information content (AvgIpc) is 2.38. The van der Waals surface area contributed by atoms with Gasteiger partial charge < -0.3 is 15.1 Å². The maximum absolute atomic E-state index is 10.2. The lowest BCUT2D eigenvalue weighted by Gasteiger charge is -2.27. The summed E-state index contributed by atoms with van der Waals surface area (Å²) in [5, 5.41) is 19.1. The molecule has 1 atom stereocenters. The van der Waals surface area contributed by atoms with Crippen LogP contribution in [-0.2, 0) is 0 Å². The molecular formula is C15H24BrNO2. The lowest BCUT2D eigenvalue weighted by atomic mass is 10.1. The Hall–Kier alpha value is -0.420. The Morgan fingerprint density at radius 1 is 1.26 bits per heavy atom. The van der Waals surface area contributed by atoms with Crippen molar-refractivity contribution < 1.29 is 10.2 Å². The molecule has 0 heterocycles. The predicted octanol–water partition coefficient (Wildman–Crippen LogP) is 2.97. The monoisotopic (exact) mass is 329 g/mol. The van der Waals surface area contributed by atoms with Crippen LogP contribution in [-0.4, -0.2) is 40.9 Å². The molecule has 1 rings (SSSR count). The van der Waals surface area contributed by atoms with Gasteiger partial charge in [0.25, 0.3) is 0 Å². The number of benzene rings is 1. The Kier molecular flexibility index (Phi) is 7.61. The second-order valence-corrected chi connectivity index (χ2v) is 5.98. The molecule has 0 saturated heterocycles. The Morgan fingerprint density at radius 3 is 2.58 bits per heavy atom. The van der Waals surface area contributed by atoms with Crippen LogP contribution in [0.25, 0.3) is 0 Å². The quantitative estimate of drug-likeness (QED) is 0.770. The van der Waals surface area contributed by atoms with Gasteiger partial charge in [-0.3, -0.25) is 0 Å². The van der Waals surface area contributed by atoms with Crippen molar-refractivity contribution in [3.05, 3.63) is 34.3 Å². The zero-order chi connectivity index (χ0) is 14.3. The van der Waals surface area contributed by atoms with Crippen LogP contribution >= 0.6 is 15.9 Å². The summed E-state index contributed by atoms with van der Waals surface area (Å²) in [7, 11) is 0. The van der Waals surface area contributed by atoms with Crippen LogP contribution in [0.15, 0.2) is 28.7 Å². The molecule has 0 aliphatic heterocycles. The highest BCUT2D eigenvalue weighted by Gasteiger charge is 2.13. The molecule has 0 fully saturated rings. The van der Waals surface area contributed by atoms with Crippen molar-refractivity contribution in [2.45, 2.75) is 38.8 Å². The van der Waals surface area contributed by atoms with Crippen LogP contribution in [0, 0.1) is 0 Å². The standard InChI is InChI=1S/C15H24BrNO2/c1-12(2)17(8-4-10-18)9-7-15(19)13-5-3-6-14(16)11-13/h3,5-6,11-12,15,18-19H,4,7-10H2,1-2H3. The van der Waals surface area contributed by atoms with E-state index in [0.29, 0.717) is 12.5 Å². The number of hydrogen-bond acceptors (Lipinski definition) is 3. The third kappa shape index (κ3) is 6.04. The third-order valence-electron chi connectivity index (χ3n) is 3.26. The van der Waals surface area contributed by atoms with E-state index in [4.69, 9.17) is 5.11 Å². The van der Waals surface area contributed by atoms with Gasteiger partial charge in [0.2, 0.25) is 0 Å². The molecule has 1 aromatic rings. The van der Waals surface area contributed by atoms with E-state index < -0.39 is 6.10 Å². The fourth-order valence-corrected chi connectivity index (χ4v) is 2.49. The number of aliphatic hydroxyl groups excluding tert-OH is 2. The van der Waals surface area contributed by atoms with Crippen molar-refractivity contribution in [3.63, 3.8) is 0 Å². The van der Waals surface area contributed by atoms with E-state index in [2.05, 4.69) is 34.7 Å². The van der Waals surface area contributed by atoms with Crippen LogP contribution in [0.1, 0.15) is 38.4 Å². The second kappa shape index (κ2) is 8.69. The fraction of sp³-hybridized carbons (Fsp3) is 0.600. The summed E-state index contributed by atoms with van der Waals surface area (Å²) in [6.45, 7) is 6.22. The number of halogens is 1. The van der Waals surface area contributed by atoms with Crippen molar-refractivity contribution in [1.29, 1.82) is 0 Å². The molecule has 1 aromatic carbocycles. The molecule has 0 bridgehead atoms. The highest BCUT2D eigenvalue weighted by Crippen LogP contribution is 2.21. The Balaban J connectivity index is 2.49. The molecule has 0 saturated carbocycles. The summed E-state index contributed by atoms with van der Waals surface area (Å²) in [6, 6.07) is 8.23. The molecular weight excluding hydrogens is 306 g/mol. The average molecular weight is 330 g/mol. The first-order valence-electron chi connectivity index (χ1n) is 6.83. The van der Waals surface area contributed by atoms with Gasteiger partial charge in [-0.25, -0.2) is 0 Å². The third-order valence-corrected chi connectivity index (χ3v) is 3.75. The first-order chi connectivity index (χ1) is 9.04. The number of aliphatic hydroxyl groups is 2. The molecule has 0 spiro atoms. The lowest BCUT2D eigenvalue weighted by Crippen LogP contribution is -2.33. The summed E-state index contributed by atoms with van der Waals surface area (Å²) in [5.74, 6) is 0. The zero-order valence-corrected chi connectivity index (χ0v) is 13.3.